The molecular formula is C16H25NO8. The topological polar surface area (TPSA) is 110 Å². The highest BCUT2D eigenvalue weighted by Crippen LogP contribution is 2.18. The Kier molecular flexibility index (Phi) is 11.5. The second kappa shape index (κ2) is 13.5. The van der Waals surface area contributed by atoms with E-state index in [1.807, 2.05) is 6.92 Å². The quantitative estimate of drug-likeness (QED) is 0.216. The molecular weight excluding hydrogens is 334 g/mol. The van der Waals surface area contributed by atoms with Gasteiger partial charge >= 0.3 is 0 Å². The molecule has 1 aromatic rings. The van der Waals surface area contributed by atoms with Crippen molar-refractivity contribution in [3.8, 4) is 5.75 Å². The summed E-state index contributed by atoms with van der Waals surface area (Å²) in [7, 11) is 0. The summed E-state index contributed by atoms with van der Waals surface area (Å²) in [5.41, 5.74) is -0.0443. The molecule has 0 saturated heterocycles. The van der Waals surface area contributed by atoms with Gasteiger partial charge in [-0.25, -0.2) is 0 Å². The van der Waals surface area contributed by atoms with Gasteiger partial charge in [-0.1, -0.05) is 0 Å². The van der Waals surface area contributed by atoms with Crippen LogP contribution in [0.5, 0.6) is 5.75 Å². The maximum atomic E-state index is 10.5. The third-order valence-electron chi connectivity index (χ3n) is 2.90. The summed E-state index contributed by atoms with van der Waals surface area (Å²) in [6.07, 6.45) is -1.16. The molecule has 1 unspecified atom stereocenters. The smallest absolute Gasteiger partial charge is 0.269 e. The molecule has 0 heterocycles. The number of non-ortho nitro benzene ring substituents is 1. The van der Waals surface area contributed by atoms with E-state index in [-0.39, 0.29) is 12.3 Å². The largest absolute Gasteiger partial charge is 0.463 e. The number of rotatable bonds is 15. The van der Waals surface area contributed by atoms with Crippen LogP contribution in [0.1, 0.15) is 6.92 Å². The second-order valence-electron chi connectivity index (χ2n) is 4.82. The fraction of sp³-hybridized carbons (Fsp3) is 0.625. The van der Waals surface area contributed by atoms with E-state index in [0.29, 0.717) is 52.0 Å². The first-order valence-electron chi connectivity index (χ1n) is 8.03. The normalized spacial score (nSPS) is 12.1. The molecule has 9 nitrogen and oxygen atoms in total. The van der Waals surface area contributed by atoms with Gasteiger partial charge in [-0.15, -0.1) is 0 Å². The lowest BCUT2D eigenvalue weighted by Crippen LogP contribution is -2.23. The number of nitro groups is 1. The summed E-state index contributed by atoms with van der Waals surface area (Å²) in [5, 5.41) is 20.2. The Hall–Kier alpha value is -1.78. The van der Waals surface area contributed by atoms with Gasteiger partial charge in [0.15, 0.2) is 0 Å². The highest BCUT2D eigenvalue weighted by atomic mass is 16.6. The number of aliphatic hydroxyl groups is 1. The van der Waals surface area contributed by atoms with Gasteiger partial charge < -0.3 is 28.8 Å². The summed E-state index contributed by atoms with van der Waals surface area (Å²) in [4.78, 5) is 10.0. The van der Waals surface area contributed by atoms with Gasteiger partial charge in [-0.05, 0) is 19.1 Å². The van der Waals surface area contributed by atoms with Gasteiger partial charge in [0.2, 0.25) is 6.29 Å². The average molecular weight is 359 g/mol. The Morgan fingerprint density at radius 3 is 2.00 bits per heavy atom. The van der Waals surface area contributed by atoms with Crippen molar-refractivity contribution in [2.75, 3.05) is 52.9 Å². The van der Waals surface area contributed by atoms with Crippen molar-refractivity contribution in [1.29, 1.82) is 0 Å². The molecule has 1 rings (SSSR count). The van der Waals surface area contributed by atoms with E-state index in [4.69, 9.17) is 23.7 Å². The lowest BCUT2D eigenvalue weighted by Gasteiger charge is -2.13. The molecule has 1 atom stereocenters. The van der Waals surface area contributed by atoms with Crippen LogP contribution in [0.2, 0.25) is 0 Å². The molecule has 0 saturated carbocycles. The average Bonchev–Trinajstić information content (AvgIpc) is 2.60. The minimum absolute atomic E-state index is 0.0365. The number of hydrogen-bond donors (Lipinski definition) is 1. The predicted octanol–water partition coefficient (Wildman–Crippen LogP) is 1.38. The summed E-state index contributed by atoms with van der Waals surface area (Å²) in [5.74, 6) is 0.321. The Balaban J connectivity index is 1.98. The Bertz CT molecular complexity index is 468. The molecule has 1 aromatic carbocycles. The van der Waals surface area contributed by atoms with E-state index in [1.54, 1.807) is 0 Å². The van der Waals surface area contributed by atoms with Crippen LogP contribution < -0.4 is 4.74 Å². The zero-order valence-electron chi connectivity index (χ0n) is 14.3. The van der Waals surface area contributed by atoms with Gasteiger partial charge in [0.05, 0.1) is 44.6 Å². The van der Waals surface area contributed by atoms with Crippen molar-refractivity contribution in [2.45, 2.75) is 13.2 Å². The van der Waals surface area contributed by atoms with E-state index >= 15 is 0 Å². The number of hydrogen-bond acceptors (Lipinski definition) is 8. The molecule has 142 valence electrons. The van der Waals surface area contributed by atoms with E-state index in [0.717, 1.165) is 0 Å². The Morgan fingerprint density at radius 1 is 0.960 bits per heavy atom. The van der Waals surface area contributed by atoms with E-state index in [9.17, 15) is 15.2 Å². The third kappa shape index (κ3) is 10.6. The molecule has 9 heteroatoms. The number of aliphatic hydroxyl groups excluding tert-OH is 1. The first kappa shape index (κ1) is 21.3. The van der Waals surface area contributed by atoms with Crippen LogP contribution in [0, 0.1) is 10.1 Å². The molecule has 0 bridgehead atoms. The molecule has 0 radical (unpaired) electrons. The highest BCUT2D eigenvalue weighted by Gasteiger charge is 2.08. The van der Waals surface area contributed by atoms with Crippen molar-refractivity contribution in [1.82, 2.24) is 0 Å². The number of nitrogens with zero attached hydrogens (tertiary/aromatic N) is 1. The SMILES string of the molecule is CCOCCOCCOCCOCC(O)Oc1ccc([N+](=O)[O-])cc1. The zero-order chi connectivity index (χ0) is 18.3. The highest BCUT2D eigenvalue weighted by molar-refractivity contribution is 5.35. The molecule has 25 heavy (non-hydrogen) atoms. The van der Waals surface area contributed by atoms with Gasteiger partial charge in [-0.2, -0.15) is 0 Å². The van der Waals surface area contributed by atoms with E-state index in [2.05, 4.69) is 0 Å². The van der Waals surface area contributed by atoms with Crippen LogP contribution in [-0.2, 0) is 18.9 Å². The number of nitro benzene ring substituents is 1. The lowest BCUT2D eigenvalue weighted by atomic mass is 10.3. The van der Waals surface area contributed by atoms with Crippen LogP contribution in [0.4, 0.5) is 5.69 Å². The van der Waals surface area contributed by atoms with Crippen LogP contribution in [0.25, 0.3) is 0 Å². The molecule has 0 aliphatic carbocycles. The van der Waals surface area contributed by atoms with Gasteiger partial charge in [0.25, 0.3) is 5.69 Å². The van der Waals surface area contributed by atoms with Crippen molar-refractivity contribution >= 4 is 5.69 Å². The fourth-order valence-electron chi connectivity index (χ4n) is 1.72. The molecule has 0 amide bonds. The summed E-state index contributed by atoms with van der Waals surface area (Å²) in [6.45, 7) is 5.31. The van der Waals surface area contributed by atoms with Gasteiger partial charge in [0.1, 0.15) is 12.4 Å². The minimum Gasteiger partial charge on any atom is -0.463 e. The molecule has 0 spiro atoms. The van der Waals surface area contributed by atoms with Crippen LogP contribution in [0.15, 0.2) is 24.3 Å². The van der Waals surface area contributed by atoms with E-state index < -0.39 is 11.2 Å². The number of ether oxygens (including phenoxy) is 5. The van der Waals surface area contributed by atoms with Crippen LogP contribution in [0.3, 0.4) is 0 Å². The Morgan fingerprint density at radius 2 is 1.48 bits per heavy atom. The molecule has 0 aliphatic rings. The summed E-state index contributed by atoms with van der Waals surface area (Å²) < 4.78 is 26.1. The van der Waals surface area contributed by atoms with Gasteiger partial charge in [0, 0.05) is 18.7 Å². The standard InChI is InChI=1S/C16H25NO8/c1-2-21-7-8-22-9-10-23-11-12-24-13-16(18)25-15-5-3-14(4-6-15)17(19)20/h3-6,16,18H,2,7-13H2,1H3. The first-order chi connectivity index (χ1) is 12.1. The van der Waals surface area contributed by atoms with E-state index in [1.165, 1.54) is 24.3 Å². The number of benzene rings is 1. The van der Waals surface area contributed by atoms with Crippen LogP contribution >= 0.6 is 0 Å². The molecule has 1 N–H and O–H groups in total. The minimum atomic E-state index is -1.16. The van der Waals surface area contributed by atoms with Crippen molar-refractivity contribution < 1.29 is 33.7 Å². The maximum Gasteiger partial charge on any atom is 0.269 e. The van der Waals surface area contributed by atoms with Crippen molar-refractivity contribution in [3.05, 3.63) is 34.4 Å². The Labute approximate surface area is 146 Å². The second-order valence-corrected chi connectivity index (χ2v) is 4.82. The van der Waals surface area contributed by atoms with Gasteiger partial charge in [-0.3, -0.25) is 10.1 Å². The van der Waals surface area contributed by atoms with Crippen molar-refractivity contribution in [3.63, 3.8) is 0 Å². The molecule has 0 aromatic heterocycles. The maximum absolute atomic E-state index is 10.5. The zero-order valence-corrected chi connectivity index (χ0v) is 14.3. The van der Waals surface area contributed by atoms with Crippen LogP contribution in [-0.4, -0.2) is 69.2 Å². The first-order valence-corrected chi connectivity index (χ1v) is 8.03. The molecule has 0 fully saturated rings. The predicted molar refractivity (Wildman–Crippen MR) is 88.7 cm³/mol. The summed E-state index contributed by atoms with van der Waals surface area (Å²) >= 11 is 0. The third-order valence-corrected chi connectivity index (χ3v) is 2.90. The lowest BCUT2D eigenvalue weighted by molar-refractivity contribution is -0.384. The summed E-state index contributed by atoms with van der Waals surface area (Å²) in [6, 6.07) is 5.42. The molecule has 0 aliphatic heterocycles. The fourth-order valence-corrected chi connectivity index (χ4v) is 1.72. The van der Waals surface area contributed by atoms with Crippen molar-refractivity contribution in [2.24, 2.45) is 0 Å². The monoisotopic (exact) mass is 359 g/mol.